The monoisotopic (exact) mass is 289 g/mol. The average molecular weight is 289 g/mol. The first-order chi connectivity index (χ1) is 9.81. The van der Waals surface area contributed by atoms with Gasteiger partial charge in [-0.3, -0.25) is 10.3 Å². The van der Waals surface area contributed by atoms with Gasteiger partial charge >= 0.3 is 6.03 Å². The summed E-state index contributed by atoms with van der Waals surface area (Å²) in [7, 11) is 0. The Morgan fingerprint density at radius 1 is 1.40 bits per heavy atom. The SMILES string of the molecule is O=C(Nc1cccs1)N1CC[C@H](Oc2ccncc2)C1. The van der Waals surface area contributed by atoms with Gasteiger partial charge in [-0.2, -0.15) is 0 Å². The molecular weight excluding hydrogens is 274 g/mol. The Hall–Kier alpha value is -2.08. The van der Waals surface area contributed by atoms with E-state index in [1.54, 1.807) is 17.3 Å². The van der Waals surface area contributed by atoms with Crippen molar-refractivity contribution in [3.05, 3.63) is 42.0 Å². The highest BCUT2D eigenvalue weighted by Crippen LogP contribution is 2.20. The number of hydrogen-bond donors (Lipinski definition) is 1. The number of rotatable bonds is 3. The van der Waals surface area contributed by atoms with Crippen LogP contribution in [0.5, 0.6) is 5.75 Å². The van der Waals surface area contributed by atoms with Crippen molar-refractivity contribution in [3.8, 4) is 5.75 Å². The summed E-state index contributed by atoms with van der Waals surface area (Å²) in [6, 6.07) is 7.40. The summed E-state index contributed by atoms with van der Waals surface area (Å²) < 4.78 is 5.83. The lowest BCUT2D eigenvalue weighted by molar-refractivity contribution is 0.195. The maximum atomic E-state index is 12.1. The zero-order valence-electron chi connectivity index (χ0n) is 10.9. The average Bonchev–Trinajstić information content (AvgIpc) is 3.11. The molecule has 0 spiro atoms. The van der Waals surface area contributed by atoms with Gasteiger partial charge in [0.25, 0.3) is 0 Å². The minimum Gasteiger partial charge on any atom is -0.488 e. The van der Waals surface area contributed by atoms with Gasteiger partial charge in [0.1, 0.15) is 11.9 Å². The van der Waals surface area contributed by atoms with Crippen LogP contribution < -0.4 is 10.1 Å². The normalized spacial score (nSPS) is 18.0. The van der Waals surface area contributed by atoms with Crippen LogP contribution in [0.15, 0.2) is 42.0 Å². The molecule has 1 fully saturated rings. The van der Waals surface area contributed by atoms with E-state index in [1.165, 1.54) is 11.3 Å². The van der Waals surface area contributed by atoms with Gasteiger partial charge in [-0.1, -0.05) is 0 Å². The van der Waals surface area contributed by atoms with Gasteiger partial charge in [-0.15, -0.1) is 11.3 Å². The summed E-state index contributed by atoms with van der Waals surface area (Å²) in [6.45, 7) is 1.33. The molecule has 2 amide bonds. The number of amides is 2. The molecule has 3 heterocycles. The lowest BCUT2D eigenvalue weighted by Gasteiger charge is -2.17. The number of nitrogens with one attached hydrogen (secondary N) is 1. The van der Waals surface area contributed by atoms with Crippen LogP contribution in [0.4, 0.5) is 9.80 Å². The third-order valence-corrected chi connectivity index (χ3v) is 3.92. The topological polar surface area (TPSA) is 54.5 Å². The predicted octanol–water partition coefficient (Wildman–Crippen LogP) is 2.83. The fourth-order valence-electron chi connectivity index (χ4n) is 2.15. The smallest absolute Gasteiger partial charge is 0.322 e. The number of pyridine rings is 1. The molecule has 0 saturated carbocycles. The number of carbonyl (C=O) groups is 1. The molecule has 2 aromatic rings. The van der Waals surface area contributed by atoms with Crippen LogP contribution in [0.3, 0.4) is 0 Å². The van der Waals surface area contributed by atoms with Crippen LogP contribution in [0, 0.1) is 0 Å². The lowest BCUT2D eigenvalue weighted by Crippen LogP contribution is -2.34. The van der Waals surface area contributed by atoms with Gasteiger partial charge in [0.15, 0.2) is 0 Å². The van der Waals surface area contributed by atoms with Crippen molar-refractivity contribution < 1.29 is 9.53 Å². The predicted molar refractivity (Wildman–Crippen MR) is 78.2 cm³/mol. The maximum absolute atomic E-state index is 12.1. The highest BCUT2D eigenvalue weighted by atomic mass is 32.1. The molecule has 20 heavy (non-hydrogen) atoms. The number of urea groups is 1. The van der Waals surface area contributed by atoms with E-state index in [4.69, 9.17) is 4.74 Å². The molecule has 1 atom stereocenters. The summed E-state index contributed by atoms with van der Waals surface area (Å²) in [4.78, 5) is 17.8. The zero-order valence-corrected chi connectivity index (χ0v) is 11.7. The van der Waals surface area contributed by atoms with E-state index in [-0.39, 0.29) is 12.1 Å². The Kier molecular flexibility index (Phi) is 3.83. The number of nitrogens with zero attached hydrogens (tertiary/aromatic N) is 2. The standard InChI is InChI=1S/C14H15N3O2S/c18-14(16-13-2-1-9-20-13)17-8-5-12(10-17)19-11-3-6-15-7-4-11/h1-4,6-7,9,12H,5,8,10H2,(H,16,18)/t12-/m0/s1. The molecule has 0 unspecified atom stereocenters. The minimum atomic E-state index is -0.0618. The summed E-state index contributed by atoms with van der Waals surface area (Å²) in [5, 5.41) is 5.70. The molecule has 6 heteroatoms. The van der Waals surface area contributed by atoms with Gasteiger partial charge in [0.2, 0.25) is 0 Å². The van der Waals surface area contributed by atoms with Crippen molar-refractivity contribution in [1.82, 2.24) is 9.88 Å². The van der Waals surface area contributed by atoms with Crippen molar-refractivity contribution in [2.24, 2.45) is 0 Å². The van der Waals surface area contributed by atoms with E-state index in [2.05, 4.69) is 10.3 Å². The third-order valence-electron chi connectivity index (χ3n) is 3.14. The second-order valence-corrected chi connectivity index (χ2v) is 5.51. The van der Waals surface area contributed by atoms with Crippen LogP contribution in [0.2, 0.25) is 0 Å². The van der Waals surface area contributed by atoms with Crippen LogP contribution >= 0.6 is 11.3 Å². The molecule has 0 bridgehead atoms. The van der Waals surface area contributed by atoms with E-state index < -0.39 is 0 Å². The molecule has 1 N–H and O–H groups in total. The molecule has 3 rings (SSSR count). The van der Waals surface area contributed by atoms with Crippen LogP contribution in [-0.2, 0) is 0 Å². The highest BCUT2D eigenvalue weighted by molar-refractivity contribution is 7.14. The van der Waals surface area contributed by atoms with Crippen molar-refractivity contribution in [2.75, 3.05) is 18.4 Å². The van der Waals surface area contributed by atoms with Crippen molar-refractivity contribution >= 4 is 22.4 Å². The first kappa shape index (κ1) is 12.9. The van der Waals surface area contributed by atoms with Crippen LogP contribution in [0.1, 0.15) is 6.42 Å². The number of hydrogen-bond acceptors (Lipinski definition) is 4. The van der Waals surface area contributed by atoms with Gasteiger partial charge in [-0.25, -0.2) is 4.79 Å². The number of likely N-dealkylation sites (tertiary alicyclic amines) is 1. The molecule has 1 saturated heterocycles. The Morgan fingerprint density at radius 2 is 2.25 bits per heavy atom. The first-order valence-electron chi connectivity index (χ1n) is 6.47. The number of aromatic nitrogens is 1. The van der Waals surface area contributed by atoms with E-state index >= 15 is 0 Å². The molecule has 0 aromatic carbocycles. The molecule has 0 aliphatic carbocycles. The molecular formula is C14H15N3O2S. The quantitative estimate of drug-likeness (QED) is 0.945. The second-order valence-electron chi connectivity index (χ2n) is 4.56. The second kappa shape index (κ2) is 5.92. The molecule has 2 aromatic heterocycles. The fraction of sp³-hybridized carbons (Fsp3) is 0.286. The van der Waals surface area contributed by atoms with Gasteiger partial charge in [0, 0.05) is 25.4 Å². The fourth-order valence-corrected chi connectivity index (χ4v) is 2.76. The Labute approximate surface area is 121 Å². The van der Waals surface area contributed by atoms with E-state index in [1.807, 2.05) is 29.6 Å². The Bertz CT molecular complexity index is 559. The van der Waals surface area contributed by atoms with Crippen molar-refractivity contribution in [3.63, 3.8) is 0 Å². The highest BCUT2D eigenvalue weighted by Gasteiger charge is 2.27. The summed E-state index contributed by atoms with van der Waals surface area (Å²) in [5.41, 5.74) is 0. The van der Waals surface area contributed by atoms with Crippen LogP contribution in [0.25, 0.3) is 0 Å². The first-order valence-corrected chi connectivity index (χ1v) is 7.35. The molecule has 1 aliphatic heterocycles. The Morgan fingerprint density at radius 3 is 3.00 bits per heavy atom. The molecule has 0 radical (unpaired) electrons. The van der Waals surface area contributed by atoms with Gasteiger partial charge < -0.3 is 9.64 Å². The zero-order chi connectivity index (χ0) is 13.8. The van der Waals surface area contributed by atoms with Crippen molar-refractivity contribution in [2.45, 2.75) is 12.5 Å². The van der Waals surface area contributed by atoms with E-state index in [0.717, 1.165) is 17.2 Å². The number of ether oxygens (including phenoxy) is 1. The van der Waals surface area contributed by atoms with E-state index in [0.29, 0.717) is 13.1 Å². The lowest BCUT2D eigenvalue weighted by atomic mass is 10.3. The largest absolute Gasteiger partial charge is 0.488 e. The summed E-state index contributed by atoms with van der Waals surface area (Å²) in [5.74, 6) is 0.797. The minimum absolute atomic E-state index is 0.0477. The summed E-state index contributed by atoms with van der Waals surface area (Å²) in [6.07, 6.45) is 4.29. The molecule has 104 valence electrons. The maximum Gasteiger partial charge on any atom is 0.322 e. The van der Waals surface area contributed by atoms with Crippen LogP contribution in [-0.4, -0.2) is 35.1 Å². The van der Waals surface area contributed by atoms with Gasteiger partial charge in [-0.05, 0) is 29.6 Å². The molecule has 1 aliphatic rings. The third kappa shape index (κ3) is 3.08. The summed E-state index contributed by atoms with van der Waals surface area (Å²) >= 11 is 1.52. The Balaban J connectivity index is 1.53. The number of carbonyl (C=O) groups excluding carboxylic acids is 1. The van der Waals surface area contributed by atoms with Crippen molar-refractivity contribution in [1.29, 1.82) is 0 Å². The van der Waals surface area contributed by atoms with E-state index in [9.17, 15) is 4.79 Å². The number of anilines is 1. The van der Waals surface area contributed by atoms with Gasteiger partial charge in [0.05, 0.1) is 11.5 Å². The number of thiophene rings is 1. The molecule has 5 nitrogen and oxygen atoms in total.